The van der Waals surface area contributed by atoms with Gasteiger partial charge in [0.15, 0.2) is 0 Å². The molecule has 2 atom stereocenters. The Balaban J connectivity index is 1.92. The number of carbonyl (C=O) groups excluding carboxylic acids is 1. The Morgan fingerprint density at radius 2 is 2.10 bits per heavy atom. The third-order valence-corrected chi connectivity index (χ3v) is 4.07. The number of nitrogens with one attached hydrogen (secondary N) is 2. The van der Waals surface area contributed by atoms with Crippen molar-refractivity contribution in [3.8, 4) is 0 Å². The van der Waals surface area contributed by atoms with Crippen LogP contribution in [-0.2, 0) is 4.74 Å². The lowest BCUT2D eigenvalue weighted by atomic mass is 10.00. The molecular weight excluding hydrogens is 290 g/mol. The number of hydrogen-bond acceptors (Lipinski definition) is 3. The predicted molar refractivity (Wildman–Crippen MR) is 83.8 cm³/mol. The van der Waals surface area contributed by atoms with Crippen molar-refractivity contribution in [3.05, 3.63) is 23.0 Å². The lowest BCUT2D eigenvalue weighted by molar-refractivity contribution is -0.0948. The van der Waals surface area contributed by atoms with Crippen molar-refractivity contribution in [2.75, 3.05) is 19.6 Å². The van der Waals surface area contributed by atoms with Gasteiger partial charge < -0.3 is 15.0 Å². The van der Waals surface area contributed by atoms with Crippen LogP contribution in [0.1, 0.15) is 38.2 Å². The molecule has 0 bridgehead atoms. The van der Waals surface area contributed by atoms with Gasteiger partial charge in [0, 0.05) is 31.4 Å². The largest absolute Gasteiger partial charge is 0.373 e. The first kappa shape index (κ1) is 16.3. The van der Waals surface area contributed by atoms with E-state index in [1.807, 2.05) is 0 Å². The molecule has 1 aliphatic heterocycles. The van der Waals surface area contributed by atoms with E-state index in [2.05, 4.69) is 42.9 Å². The van der Waals surface area contributed by atoms with Crippen LogP contribution < -0.4 is 5.32 Å². The second kappa shape index (κ2) is 6.38. The summed E-state index contributed by atoms with van der Waals surface area (Å²) in [6.07, 6.45) is 2.03. The summed E-state index contributed by atoms with van der Waals surface area (Å²) in [6, 6.07) is 1.63. The van der Waals surface area contributed by atoms with Crippen LogP contribution >= 0.6 is 11.6 Å². The Morgan fingerprint density at radius 1 is 1.48 bits per heavy atom. The maximum Gasteiger partial charge on any atom is 0.267 e. The van der Waals surface area contributed by atoms with Gasteiger partial charge in [-0.25, -0.2) is 0 Å². The van der Waals surface area contributed by atoms with Gasteiger partial charge >= 0.3 is 0 Å². The number of aromatic amines is 1. The monoisotopic (exact) mass is 313 g/mol. The maximum atomic E-state index is 12.1. The number of nitrogens with zero attached hydrogens (tertiary/aromatic N) is 1. The molecule has 0 aliphatic carbocycles. The van der Waals surface area contributed by atoms with E-state index in [0.717, 1.165) is 13.1 Å². The number of amides is 1. The highest BCUT2D eigenvalue weighted by Gasteiger charge is 2.33. The topological polar surface area (TPSA) is 57.4 Å². The number of carbonyl (C=O) groups is 1. The van der Waals surface area contributed by atoms with Crippen LogP contribution in [0, 0.1) is 0 Å². The van der Waals surface area contributed by atoms with E-state index in [9.17, 15) is 4.79 Å². The first-order valence-electron chi connectivity index (χ1n) is 7.30. The quantitative estimate of drug-likeness (QED) is 0.896. The highest BCUT2D eigenvalue weighted by molar-refractivity contribution is 6.30. The summed E-state index contributed by atoms with van der Waals surface area (Å²) in [7, 11) is 0. The summed E-state index contributed by atoms with van der Waals surface area (Å²) in [4.78, 5) is 17.3. The molecule has 6 heteroatoms. The van der Waals surface area contributed by atoms with E-state index in [-0.39, 0.29) is 23.7 Å². The van der Waals surface area contributed by atoms with Gasteiger partial charge in [0.2, 0.25) is 0 Å². The number of aromatic nitrogens is 1. The van der Waals surface area contributed by atoms with Crippen LogP contribution in [-0.4, -0.2) is 53.2 Å². The number of morpholine rings is 1. The fraction of sp³-hybridized carbons (Fsp3) is 0.667. The Morgan fingerprint density at radius 3 is 2.62 bits per heavy atom. The van der Waals surface area contributed by atoms with E-state index >= 15 is 0 Å². The van der Waals surface area contributed by atoms with E-state index in [0.29, 0.717) is 17.3 Å². The standard InChI is InChI=1S/C15H24ClN3O2/c1-10-7-19(8-11(2)21-10)15(3,4)9-18-14(20)13-5-12(16)6-17-13/h5-6,10-11,17H,7-9H2,1-4H3,(H,18,20). The molecule has 0 saturated carbocycles. The van der Waals surface area contributed by atoms with Crippen LogP contribution in [0.5, 0.6) is 0 Å². The molecule has 1 saturated heterocycles. The normalized spacial score (nSPS) is 24.0. The second-order valence-electron chi connectivity index (χ2n) is 6.39. The highest BCUT2D eigenvalue weighted by Crippen LogP contribution is 2.20. The van der Waals surface area contributed by atoms with Crippen molar-refractivity contribution in [1.29, 1.82) is 0 Å². The Bertz CT molecular complexity index is 491. The molecule has 1 aliphatic rings. The number of ether oxygens (including phenoxy) is 1. The average molecular weight is 314 g/mol. The lowest BCUT2D eigenvalue weighted by Crippen LogP contribution is -2.58. The second-order valence-corrected chi connectivity index (χ2v) is 6.83. The number of rotatable bonds is 4. The first-order valence-corrected chi connectivity index (χ1v) is 7.68. The Hall–Kier alpha value is -1.04. The third-order valence-electron chi connectivity index (χ3n) is 3.85. The zero-order valence-corrected chi connectivity index (χ0v) is 13.8. The number of H-pyrrole nitrogens is 1. The van der Waals surface area contributed by atoms with E-state index in [1.54, 1.807) is 12.3 Å². The summed E-state index contributed by atoms with van der Waals surface area (Å²) in [6.45, 7) is 10.8. The summed E-state index contributed by atoms with van der Waals surface area (Å²) < 4.78 is 5.76. The minimum Gasteiger partial charge on any atom is -0.373 e. The van der Waals surface area contributed by atoms with Gasteiger partial charge in [-0.1, -0.05) is 11.6 Å². The van der Waals surface area contributed by atoms with Gasteiger partial charge in [0.25, 0.3) is 5.91 Å². The number of halogens is 1. The first-order chi connectivity index (χ1) is 9.78. The van der Waals surface area contributed by atoms with Crippen molar-refractivity contribution in [2.24, 2.45) is 0 Å². The fourth-order valence-electron chi connectivity index (χ4n) is 2.67. The van der Waals surface area contributed by atoms with Crippen LogP contribution in [0.25, 0.3) is 0 Å². The van der Waals surface area contributed by atoms with Crippen LogP contribution in [0.15, 0.2) is 12.3 Å². The van der Waals surface area contributed by atoms with E-state index < -0.39 is 0 Å². The van der Waals surface area contributed by atoms with Crippen LogP contribution in [0.4, 0.5) is 0 Å². The highest BCUT2D eigenvalue weighted by atomic mass is 35.5. The molecule has 118 valence electrons. The third kappa shape index (κ3) is 4.22. The summed E-state index contributed by atoms with van der Waals surface area (Å²) >= 11 is 5.81. The summed E-state index contributed by atoms with van der Waals surface area (Å²) in [5.41, 5.74) is 0.359. The van der Waals surface area contributed by atoms with E-state index in [1.165, 1.54) is 0 Å². The van der Waals surface area contributed by atoms with Crippen LogP contribution in [0.3, 0.4) is 0 Å². The molecule has 5 nitrogen and oxygen atoms in total. The average Bonchev–Trinajstić information content (AvgIpc) is 2.82. The fourth-order valence-corrected chi connectivity index (χ4v) is 2.84. The van der Waals surface area contributed by atoms with Gasteiger partial charge in [-0.05, 0) is 33.8 Å². The Labute approximate surface area is 131 Å². The maximum absolute atomic E-state index is 12.1. The molecule has 21 heavy (non-hydrogen) atoms. The van der Waals surface area contributed by atoms with Gasteiger partial charge in [-0.3, -0.25) is 9.69 Å². The molecule has 2 unspecified atom stereocenters. The predicted octanol–water partition coefficient (Wildman–Crippen LogP) is 2.29. The minimum absolute atomic E-state index is 0.127. The molecular formula is C15H24ClN3O2. The molecule has 1 aromatic rings. The summed E-state index contributed by atoms with van der Waals surface area (Å²) in [5, 5.41) is 3.51. The molecule has 1 amide bonds. The van der Waals surface area contributed by atoms with Gasteiger partial charge in [-0.15, -0.1) is 0 Å². The van der Waals surface area contributed by atoms with Gasteiger partial charge in [-0.2, -0.15) is 0 Å². The minimum atomic E-state index is -0.135. The number of hydrogen-bond donors (Lipinski definition) is 2. The molecule has 2 N–H and O–H groups in total. The van der Waals surface area contributed by atoms with Crippen molar-refractivity contribution in [3.63, 3.8) is 0 Å². The van der Waals surface area contributed by atoms with Crippen LogP contribution in [0.2, 0.25) is 5.02 Å². The zero-order valence-electron chi connectivity index (χ0n) is 13.1. The molecule has 0 spiro atoms. The van der Waals surface area contributed by atoms with E-state index in [4.69, 9.17) is 16.3 Å². The molecule has 0 radical (unpaired) electrons. The molecule has 1 aromatic heterocycles. The molecule has 2 rings (SSSR count). The molecule has 0 aromatic carbocycles. The zero-order chi connectivity index (χ0) is 15.6. The SMILES string of the molecule is CC1CN(C(C)(C)CNC(=O)c2cc(Cl)c[nH]2)CC(C)O1. The van der Waals surface area contributed by atoms with Gasteiger partial charge in [0.1, 0.15) is 5.69 Å². The van der Waals surface area contributed by atoms with Gasteiger partial charge in [0.05, 0.1) is 17.2 Å². The van der Waals surface area contributed by atoms with Crippen molar-refractivity contribution in [1.82, 2.24) is 15.2 Å². The lowest BCUT2D eigenvalue weighted by Gasteiger charge is -2.45. The van der Waals surface area contributed by atoms with Crippen molar-refractivity contribution < 1.29 is 9.53 Å². The molecule has 1 fully saturated rings. The van der Waals surface area contributed by atoms with Crippen molar-refractivity contribution >= 4 is 17.5 Å². The Kier molecular flexibility index (Phi) is 4.96. The smallest absolute Gasteiger partial charge is 0.267 e. The van der Waals surface area contributed by atoms with Crippen molar-refractivity contribution in [2.45, 2.75) is 45.4 Å². The summed E-state index contributed by atoms with van der Waals surface area (Å²) in [5.74, 6) is -0.135. The molecule has 2 heterocycles.